The number of rotatable bonds is 2. The smallest absolute Gasteiger partial charge is 0.245 e. The van der Waals surface area contributed by atoms with Crippen molar-refractivity contribution in [2.24, 2.45) is 0 Å². The van der Waals surface area contributed by atoms with E-state index in [1.807, 2.05) is 0 Å². The summed E-state index contributed by atoms with van der Waals surface area (Å²) in [5.74, 6) is -1.06. The van der Waals surface area contributed by atoms with Crippen LogP contribution >= 0.6 is 0 Å². The molecular formula is C10H13FN2O4S2. The molecule has 1 aromatic rings. The lowest BCUT2D eigenvalue weighted by atomic mass is 10.3. The Balaban J connectivity index is 2.33. The van der Waals surface area contributed by atoms with Crippen LogP contribution in [-0.2, 0) is 19.9 Å². The van der Waals surface area contributed by atoms with Crippen molar-refractivity contribution in [3.05, 3.63) is 24.0 Å². The van der Waals surface area contributed by atoms with E-state index < -0.39 is 25.7 Å². The fraction of sp³-hybridized carbons (Fsp3) is 0.400. The number of benzene rings is 1. The number of nitrogen functional groups attached to an aromatic ring is 1. The van der Waals surface area contributed by atoms with Gasteiger partial charge in [-0.05, 0) is 18.2 Å². The summed E-state index contributed by atoms with van der Waals surface area (Å²) >= 11 is 0. The van der Waals surface area contributed by atoms with Gasteiger partial charge in [-0.2, -0.15) is 4.31 Å². The number of nitrogens with zero attached hydrogens (tertiary/aromatic N) is 1. The van der Waals surface area contributed by atoms with Gasteiger partial charge in [-0.25, -0.2) is 21.2 Å². The summed E-state index contributed by atoms with van der Waals surface area (Å²) in [6.07, 6.45) is 0. The lowest BCUT2D eigenvalue weighted by molar-refractivity contribution is 0.431. The Labute approximate surface area is 111 Å². The molecule has 0 bridgehead atoms. The van der Waals surface area contributed by atoms with Gasteiger partial charge >= 0.3 is 0 Å². The molecule has 0 unspecified atom stereocenters. The number of hydrogen-bond acceptors (Lipinski definition) is 5. The number of sulfonamides is 1. The van der Waals surface area contributed by atoms with E-state index in [0.717, 1.165) is 22.5 Å². The van der Waals surface area contributed by atoms with Gasteiger partial charge in [0.2, 0.25) is 10.0 Å². The normalized spacial score (nSPS) is 20.3. The second-order valence-corrected chi connectivity index (χ2v) is 8.45. The summed E-state index contributed by atoms with van der Waals surface area (Å²) < 4.78 is 61.0. The Kier molecular flexibility index (Phi) is 3.54. The highest BCUT2D eigenvalue weighted by Gasteiger charge is 2.32. The van der Waals surface area contributed by atoms with E-state index >= 15 is 0 Å². The van der Waals surface area contributed by atoms with E-state index in [0.29, 0.717) is 0 Å². The molecule has 2 rings (SSSR count). The monoisotopic (exact) mass is 308 g/mol. The summed E-state index contributed by atoms with van der Waals surface area (Å²) in [6, 6.07) is 3.01. The molecule has 1 aliphatic heterocycles. The first-order valence-electron chi connectivity index (χ1n) is 5.48. The van der Waals surface area contributed by atoms with E-state index in [-0.39, 0.29) is 35.2 Å². The molecule has 1 fully saturated rings. The van der Waals surface area contributed by atoms with Crippen molar-refractivity contribution in [1.82, 2.24) is 4.31 Å². The highest BCUT2D eigenvalue weighted by Crippen LogP contribution is 2.24. The zero-order valence-corrected chi connectivity index (χ0v) is 11.5. The molecule has 6 nitrogen and oxygen atoms in total. The van der Waals surface area contributed by atoms with Crippen LogP contribution < -0.4 is 5.73 Å². The Hall–Kier alpha value is -1.19. The van der Waals surface area contributed by atoms with Gasteiger partial charge in [-0.1, -0.05) is 0 Å². The molecule has 0 saturated carbocycles. The molecule has 0 atom stereocenters. The molecule has 0 amide bonds. The van der Waals surface area contributed by atoms with Crippen molar-refractivity contribution in [2.75, 3.05) is 30.3 Å². The van der Waals surface area contributed by atoms with E-state index in [2.05, 4.69) is 0 Å². The van der Waals surface area contributed by atoms with Crippen molar-refractivity contribution in [3.8, 4) is 0 Å². The number of halogens is 1. The predicted octanol–water partition coefficient (Wildman–Crippen LogP) is -0.173. The highest BCUT2D eigenvalue weighted by molar-refractivity contribution is 7.92. The zero-order valence-electron chi connectivity index (χ0n) is 9.91. The molecule has 2 N–H and O–H groups in total. The van der Waals surface area contributed by atoms with E-state index in [9.17, 15) is 21.2 Å². The van der Waals surface area contributed by atoms with Gasteiger partial charge in [-0.15, -0.1) is 0 Å². The number of hydrogen-bond donors (Lipinski definition) is 1. The van der Waals surface area contributed by atoms with Crippen LogP contribution in [0.15, 0.2) is 23.1 Å². The summed E-state index contributed by atoms with van der Waals surface area (Å²) in [7, 11) is -7.05. The maximum Gasteiger partial charge on any atom is 0.245 e. The van der Waals surface area contributed by atoms with Crippen LogP contribution in [0.4, 0.5) is 10.1 Å². The molecule has 0 aliphatic carbocycles. The van der Waals surface area contributed by atoms with Gasteiger partial charge in [0.1, 0.15) is 10.7 Å². The molecule has 1 aliphatic rings. The van der Waals surface area contributed by atoms with Crippen LogP contribution in [-0.4, -0.2) is 45.7 Å². The third-order valence-corrected chi connectivity index (χ3v) is 6.47. The lowest BCUT2D eigenvalue weighted by Gasteiger charge is -2.26. The fourth-order valence-corrected chi connectivity index (χ4v) is 4.80. The molecular weight excluding hydrogens is 295 g/mol. The third kappa shape index (κ3) is 2.88. The van der Waals surface area contributed by atoms with Gasteiger partial charge in [0.05, 0.1) is 17.2 Å². The quantitative estimate of drug-likeness (QED) is 0.765. The van der Waals surface area contributed by atoms with Gasteiger partial charge < -0.3 is 5.73 Å². The minimum Gasteiger partial charge on any atom is -0.398 e. The molecule has 0 radical (unpaired) electrons. The van der Waals surface area contributed by atoms with Crippen molar-refractivity contribution < 1.29 is 21.2 Å². The van der Waals surface area contributed by atoms with E-state index in [1.165, 1.54) is 0 Å². The van der Waals surface area contributed by atoms with Gasteiger partial charge in [0, 0.05) is 13.1 Å². The Morgan fingerprint density at radius 1 is 1.21 bits per heavy atom. The lowest BCUT2D eigenvalue weighted by Crippen LogP contribution is -2.43. The van der Waals surface area contributed by atoms with Gasteiger partial charge in [-0.3, -0.25) is 0 Å². The first kappa shape index (κ1) is 14.2. The molecule has 106 valence electrons. The van der Waals surface area contributed by atoms with Crippen molar-refractivity contribution in [3.63, 3.8) is 0 Å². The first-order chi connectivity index (χ1) is 8.72. The largest absolute Gasteiger partial charge is 0.398 e. The third-order valence-electron chi connectivity index (χ3n) is 2.89. The Morgan fingerprint density at radius 2 is 1.79 bits per heavy atom. The molecule has 19 heavy (non-hydrogen) atoms. The molecule has 0 aromatic heterocycles. The SMILES string of the molecule is Nc1cc(F)ccc1S(=O)(=O)N1CCS(=O)(=O)CC1. The average molecular weight is 308 g/mol. The van der Waals surface area contributed by atoms with Crippen LogP contribution in [0.1, 0.15) is 0 Å². The molecule has 1 aromatic carbocycles. The fourth-order valence-electron chi connectivity index (χ4n) is 1.83. The first-order valence-corrected chi connectivity index (χ1v) is 8.74. The summed E-state index contributed by atoms with van der Waals surface area (Å²) in [6.45, 7) is -0.219. The maximum absolute atomic E-state index is 12.9. The molecule has 1 heterocycles. The van der Waals surface area contributed by atoms with Crippen LogP contribution in [0.3, 0.4) is 0 Å². The van der Waals surface area contributed by atoms with E-state index in [1.54, 1.807) is 0 Å². The predicted molar refractivity (Wildman–Crippen MR) is 68.2 cm³/mol. The summed E-state index contributed by atoms with van der Waals surface area (Å²) in [5.41, 5.74) is 5.32. The minimum absolute atomic E-state index is 0.110. The summed E-state index contributed by atoms with van der Waals surface area (Å²) in [4.78, 5) is -0.201. The van der Waals surface area contributed by atoms with Crippen LogP contribution in [0, 0.1) is 5.82 Å². The number of sulfone groups is 1. The zero-order chi connectivity index (χ0) is 14.3. The average Bonchev–Trinajstić information content (AvgIpc) is 2.27. The van der Waals surface area contributed by atoms with Gasteiger partial charge in [0.15, 0.2) is 9.84 Å². The van der Waals surface area contributed by atoms with Crippen molar-refractivity contribution in [2.45, 2.75) is 4.90 Å². The number of nitrogens with two attached hydrogens (primary N) is 1. The van der Waals surface area contributed by atoms with Crippen molar-refractivity contribution in [1.29, 1.82) is 0 Å². The minimum atomic E-state index is -3.88. The van der Waals surface area contributed by atoms with Gasteiger partial charge in [0.25, 0.3) is 0 Å². The van der Waals surface area contributed by atoms with E-state index in [4.69, 9.17) is 5.73 Å². The standard InChI is InChI=1S/C10H13FN2O4S2/c11-8-1-2-10(9(12)7-8)19(16,17)13-3-5-18(14,15)6-4-13/h1-2,7H,3-6,12H2. The second-order valence-electron chi connectivity index (χ2n) is 4.24. The molecule has 1 saturated heterocycles. The summed E-state index contributed by atoms with van der Waals surface area (Å²) in [5, 5.41) is 0. The second kappa shape index (κ2) is 4.73. The molecule has 9 heteroatoms. The Morgan fingerprint density at radius 3 is 2.32 bits per heavy atom. The molecule has 0 spiro atoms. The van der Waals surface area contributed by atoms with Crippen LogP contribution in [0.2, 0.25) is 0 Å². The topological polar surface area (TPSA) is 97.5 Å². The van der Waals surface area contributed by atoms with Crippen LogP contribution in [0.5, 0.6) is 0 Å². The highest BCUT2D eigenvalue weighted by atomic mass is 32.2. The van der Waals surface area contributed by atoms with Crippen LogP contribution in [0.25, 0.3) is 0 Å². The number of anilines is 1. The Bertz CT molecular complexity index is 686. The van der Waals surface area contributed by atoms with Crippen molar-refractivity contribution >= 4 is 25.5 Å². The maximum atomic E-state index is 12.9.